The molecule has 2 atom stereocenters. The van der Waals surface area contributed by atoms with E-state index in [9.17, 15) is 0 Å². The summed E-state index contributed by atoms with van der Waals surface area (Å²) in [6.07, 6.45) is 1.66. The summed E-state index contributed by atoms with van der Waals surface area (Å²) >= 11 is 0. The summed E-state index contributed by atoms with van der Waals surface area (Å²) < 4.78 is 11.0. The van der Waals surface area contributed by atoms with Gasteiger partial charge in [-0.1, -0.05) is 25.9 Å². The molecule has 0 aliphatic rings. The molecule has 0 saturated heterocycles. The predicted molar refractivity (Wildman–Crippen MR) is 70.5 cm³/mol. The number of rotatable bonds is 7. The van der Waals surface area contributed by atoms with Gasteiger partial charge in [-0.3, -0.25) is 0 Å². The molecule has 0 saturated carbocycles. The Morgan fingerprint density at radius 2 is 1.94 bits per heavy atom. The zero-order valence-electron chi connectivity index (χ0n) is 12.3. The topological polar surface area (TPSA) is 60.2 Å². The van der Waals surface area contributed by atoms with Crippen LogP contribution in [0.2, 0.25) is 0 Å². The van der Waals surface area contributed by atoms with Crippen LogP contribution in [0.4, 0.5) is 0 Å². The first-order valence-electron chi connectivity index (χ1n) is 6.61. The number of ether oxygens (including phenoxy) is 1. The lowest BCUT2D eigenvalue weighted by Crippen LogP contribution is -2.29. The highest BCUT2D eigenvalue weighted by atomic mass is 16.5. The van der Waals surface area contributed by atoms with Crippen molar-refractivity contribution in [2.75, 3.05) is 14.2 Å². The molecule has 104 valence electrons. The van der Waals surface area contributed by atoms with Gasteiger partial charge in [0.1, 0.15) is 5.60 Å². The SMILES string of the molecule is CCC(CC)(OC)c1noc(C(C)C(C)NC)n1. The quantitative estimate of drug-likeness (QED) is 0.811. The average Bonchev–Trinajstić information content (AvgIpc) is 2.90. The molecule has 0 aliphatic carbocycles. The normalized spacial score (nSPS) is 15.7. The largest absolute Gasteiger partial charge is 0.370 e. The van der Waals surface area contributed by atoms with Gasteiger partial charge in [0.05, 0.1) is 5.92 Å². The van der Waals surface area contributed by atoms with Crippen molar-refractivity contribution in [2.45, 2.75) is 58.1 Å². The average molecular weight is 255 g/mol. The molecule has 0 spiro atoms. The summed E-state index contributed by atoms with van der Waals surface area (Å²) in [5.74, 6) is 1.50. The Morgan fingerprint density at radius 3 is 2.39 bits per heavy atom. The monoisotopic (exact) mass is 255 g/mol. The molecule has 0 radical (unpaired) electrons. The maximum atomic E-state index is 5.60. The van der Waals surface area contributed by atoms with Gasteiger partial charge in [-0.25, -0.2) is 0 Å². The van der Waals surface area contributed by atoms with Gasteiger partial charge in [-0.2, -0.15) is 4.98 Å². The Bertz CT molecular complexity index is 353. The zero-order chi connectivity index (χ0) is 13.8. The smallest absolute Gasteiger partial charge is 0.231 e. The van der Waals surface area contributed by atoms with E-state index in [0.717, 1.165) is 12.8 Å². The molecule has 1 rings (SSSR count). The molecule has 2 unspecified atom stereocenters. The fourth-order valence-electron chi connectivity index (χ4n) is 2.02. The van der Waals surface area contributed by atoms with Gasteiger partial charge in [0, 0.05) is 13.2 Å². The molecule has 0 fully saturated rings. The zero-order valence-corrected chi connectivity index (χ0v) is 12.3. The lowest BCUT2D eigenvalue weighted by Gasteiger charge is -2.26. The van der Waals surface area contributed by atoms with Crippen molar-refractivity contribution in [3.8, 4) is 0 Å². The van der Waals surface area contributed by atoms with E-state index in [4.69, 9.17) is 9.26 Å². The molecular formula is C13H25N3O2. The molecule has 0 bridgehead atoms. The van der Waals surface area contributed by atoms with Crippen molar-refractivity contribution < 1.29 is 9.26 Å². The van der Waals surface area contributed by atoms with E-state index in [-0.39, 0.29) is 5.92 Å². The number of nitrogens with zero attached hydrogens (tertiary/aromatic N) is 2. The van der Waals surface area contributed by atoms with Crippen LogP contribution in [0.3, 0.4) is 0 Å². The summed E-state index contributed by atoms with van der Waals surface area (Å²) in [5.41, 5.74) is -0.426. The van der Waals surface area contributed by atoms with Crippen LogP contribution in [-0.4, -0.2) is 30.3 Å². The Hall–Kier alpha value is -0.940. The van der Waals surface area contributed by atoms with Crippen LogP contribution in [0, 0.1) is 0 Å². The maximum absolute atomic E-state index is 5.60. The highest BCUT2D eigenvalue weighted by molar-refractivity contribution is 5.04. The standard InChI is InChI=1S/C13H25N3O2/c1-7-13(8-2,17-6)12-15-11(18-16-12)9(3)10(4)14-5/h9-10,14H,7-8H2,1-6H3. The first kappa shape index (κ1) is 15.1. The summed E-state index contributed by atoms with van der Waals surface area (Å²) in [7, 11) is 3.62. The van der Waals surface area contributed by atoms with E-state index >= 15 is 0 Å². The van der Waals surface area contributed by atoms with E-state index < -0.39 is 5.60 Å². The highest BCUT2D eigenvalue weighted by Gasteiger charge is 2.34. The van der Waals surface area contributed by atoms with Crippen molar-refractivity contribution in [1.82, 2.24) is 15.5 Å². The van der Waals surface area contributed by atoms with Gasteiger partial charge in [-0.15, -0.1) is 0 Å². The van der Waals surface area contributed by atoms with Gasteiger partial charge in [0.25, 0.3) is 0 Å². The van der Waals surface area contributed by atoms with Crippen molar-refractivity contribution in [1.29, 1.82) is 0 Å². The molecule has 0 aromatic carbocycles. The van der Waals surface area contributed by atoms with E-state index in [1.807, 2.05) is 7.05 Å². The van der Waals surface area contributed by atoms with Gasteiger partial charge in [0.2, 0.25) is 11.7 Å². The Morgan fingerprint density at radius 1 is 1.33 bits per heavy atom. The number of likely N-dealkylation sites (N-methyl/N-ethyl adjacent to an activating group) is 1. The van der Waals surface area contributed by atoms with Gasteiger partial charge in [0.15, 0.2) is 0 Å². The lowest BCUT2D eigenvalue weighted by molar-refractivity contribution is -0.0306. The minimum Gasteiger partial charge on any atom is -0.370 e. The van der Waals surface area contributed by atoms with Crippen LogP contribution in [-0.2, 0) is 10.3 Å². The molecule has 0 amide bonds. The minimum atomic E-state index is -0.426. The third-order valence-corrected chi connectivity index (χ3v) is 3.98. The number of nitrogens with one attached hydrogen (secondary N) is 1. The highest BCUT2D eigenvalue weighted by Crippen LogP contribution is 2.31. The maximum Gasteiger partial charge on any atom is 0.231 e. The molecule has 0 aliphatic heterocycles. The Balaban J connectivity index is 2.98. The predicted octanol–water partition coefficient (Wildman–Crippen LogP) is 2.44. The molecular weight excluding hydrogens is 230 g/mol. The molecule has 5 nitrogen and oxygen atoms in total. The second-order valence-electron chi connectivity index (χ2n) is 4.73. The van der Waals surface area contributed by atoms with Crippen molar-refractivity contribution >= 4 is 0 Å². The second kappa shape index (κ2) is 6.29. The molecule has 5 heteroatoms. The number of hydrogen-bond acceptors (Lipinski definition) is 5. The van der Waals surface area contributed by atoms with Crippen molar-refractivity contribution in [3.05, 3.63) is 11.7 Å². The van der Waals surface area contributed by atoms with Crippen molar-refractivity contribution in [3.63, 3.8) is 0 Å². The Labute approximate surface area is 109 Å². The fraction of sp³-hybridized carbons (Fsp3) is 0.846. The van der Waals surface area contributed by atoms with E-state index in [1.54, 1.807) is 7.11 Å². The van der Waals surface area contributed by atoms with E-state index in [2.05, 4.69) is 43.2 Å². The minimum absolute atomic E-state index is 0.180. The lowest BCUT2D eigenvalue weighted by atomic mass is 9.96. The van der Waals surface area contributed by atoms with E-state index in [0.29, 0.717) is 17.8 Å². The number of hydrogen-bond donors (Lipinski definition) is 1. The fourth-order valence-corrected chi connectivity index (χ4v) is 2.02. The summed E-state index contributed by atoms with van der Waals surface area (Å²) in [6, 6.07) is 0.290. The first-order valence-corrected chi connectivity index (χ1v) is 6.61. The third kappa shape index (κ3) is 2.72. The summed E-state index contributed by atoms with van der Waals surface area (Å²) in [4.78, 5) is 4.52. The van der Waals surface area contributed by atoms with Gasteiger partial charge in [-0.05, 0) is 26.8 Å². The van der Waals surface area contributed by atoms with Gasteiger partial charge < -0.3 is 14.6 Å². The molecule has 1 aromatic rings. The summed E-state index contributed by atoms with van der Waals surface area (Å²) in [6.45, 7) is 8.31. The molecule has 18 heavy (non-hydrogen) atoms. The van der Waals surface area contributed by atoms with Crippen LogP contribution in [0.1, 0.15) is 58.2 Å². The first-order chi connectivity index (χ1) is 8.54. The number of methoxy groups -OCH3 is 1. The second-order valence-corrected chi connectivity index (χ2v) is 4.73. The third-order valence-electron chi connectivity index (χ3n) is 3.98. The van der Waals surface area contributed by atoms with Crippen LogP contribution in [0.25, 0.3) is 0 Å². The van der Waals surface area contributed by atoms with Crippen molar-refractivity contribution in [2.24, 2.45) is 0 Å². The summed E-state index contributed by atoms with van der Waals surface area (Å²) in [5, 5.41) is 7.29. The van der Waals surface area contributed by atoms with Crippen LogP contribution < -0.4 is 5.32 Å². The molecule has 1 aromatic heterocycles. The van der Waals surface area contributed by atoms with Crippen LogP contribution in [0.15, 0.2) is 4.52 Å². The van der Waals surface area contributed by atoms with Gasteiger partial charge >= 0.3 is 0 Å². The van der Waals surface area contributed by atoms with Crippen LogP contribution in [0.5, 0.6) is 0 Å². The number of aromatic nitrogens is 2. The van der Waals surface area contributed by atoms with E-state index in [1.165, 1.54) is 0 Å². The Kier molecular flexibility index (Phi) is 5.28. The van der Waals surface area contributed by atoms with Crippen LogP contribution >= 0.6 is 0 Å². The molecule has 1 heterocycles. The molecule has 1 N–H and O–H groups in total.